The molecule has 0 saturated heterocycles. The lowest BCUT2D eigenvalue weighted by molar-refractivity contribution is -0.0260. The highest BCUT2D eigenvalue weighted by Crippen LogP contribution is 2.65. The van der Waals surface area contributed by atoms with E-state index < -0.39 is 0 Å². The van der Waals surface area contributed by atoms with Gasteiger partial charge >= 0.3 is 0 Å². The Labute approximate surface area is 161 Å². The first-order valence-corrected chi connectivity index (χ1v) is 9.64. The molecule has 0 aromatic heterocycles. The van der Waals surface area contributed by atoms with E-state index in [9.17, 15) is 5.11 Å². The van der Waals surface area contributed by atoms with Crippen molar-refractivity contribution < 1.29 is 14.6 Å². The minimum Gasteiger partial charge on any atom is -0.496 e. The summed E-state index contributed by atoms with van der Waals surface area (Å²) in [6.45, 7) is 4.77. The predicted molar refractivity (Wildman–Crippen MR) is 108 cm³/mol. The fraction of sp³-hybridized carbons (Fsp3) is 0.417. The van der Waals surface area contributed by atoms with Gasteiger partial charge < -0.3 is 14.6 Å². The van der Waals surface area contributed by atoms with E-state index in [-0.39, 0.29) is 17.9 Å². The van der Waals surface area contributed by atoms with Crippen molar-refractivity contribution in [1.82, 2.24) is 0 Å². The summed E-state index contributed by atoms with van der Waals surface area (Å²) in [5, 5.41) is 9.90. The minimum atomic E-state index is 0.129. The van der Waals surface area contributed by atoms with Gasteiger partial charge in [0.2, 0.25) is 0 Å². The van der Waals surface area contributed by atoms with Crippen molar-refractivity contribution in [2.75, 3.05) is 20.8 Å². The Morgan fingerprint density at radius 1 is 1.00 bits per heavy atom. The smallest absolute Gasteiger partial charge is 0.126 e. The lowest BCUT2D eigenvalue weighted by atomic mass is 9.45. The zero-order valence-corrected chi connectivity index (χ0v) is 16.5. The molecule has 3 nitrogen and oxygen atoms in total. The molecule has 3 aliphatic carbocycles. The number of allylic oxidation sites excluding steroid dienone is 1. The van der Waals surface area contributed by atoms with E-state index in [0.717, 1.165) is 40.2 Å². The molecule has 142 valence electrons. The Balaban J connectivity index is 1.86. The molecule has 2 bridgehead atoms. The average molecular weight is 364 g/mol. The molecule has 2 aromatic carbocycles. The second-order valence-electron chi connectivity index (χ2n) is 8.30. The third kappa shape index (κ3) is 2.76. The second-order valence-corrected chi connectivity index (χ2v) is 8.30. The lowest BCUT2D eigenvalue weighted by Gasteiger charge is -2.59. The molecule has 0 amide bonds. The van der Waals surface area contributed by atoms with Crippen LogP contribution in [0.1, 0.15) is 31.7 Å². The monoisotopic (exact) mass is 364 g/mol. The lowest BCUT2D eigenvalue weighted by Crippen LogP contribution is -2.51. The van der Waals surface area contributed by atoms with E-state index >= 15 is 0 Å². The Morgan fingerprint density at radius 3 is 2.15 bits per heavy atom. The van der Waals surface area contributed by atoms with E-state index in [1.165, 1.54) is 0 Å². The predicted octanol–water partition coefficient (Wildman–Crippen LogP) is 5.05. The standard InChI is InChI=1S/C24H28O3/c1-24(2)19-13-20(24)18(10-17(19)14-25)23-21(26-3)11-16(12-22(23)27-4)15-8-6-5-7-9-15/h5-12,18-20,25H,13-14H2,1-4H3/t18-,19+,20-/m0/s1. The molecule has 0 radical (unpaired) electrons. The first-order valence-electron chi connectivity index (χ1n) is 9.64. The summed E-state index contributed by atoms with van der Waals surface area (Å²) in [7, 11) is 3.45. The zero-order chi connectivity index (χ0) is 19.2. The Bertz CT molecular complexity index is 841. The van der Waals surface area contributed by atoms with Crippen molar-refractivity contribution in [3.8, 4) is 22.6 Å². The molecule has 0 unspecified atom stereocenters. The molecule has 2 aromatic rings. The summed E-state index contributed by atoms with van der Waals surface area (Å²) in [5.74, 6) is 2.93. The van der Waals surface area contributed by atoms with Crippen LogP contribution < -0.4 is 9.47 Å². The number of hydrogen-bond donors (Lipinski definition) is 1. The summed E-state index contributed by atoms with van der Waals surface area (Å²) in [6, 6.07) is 14.5. The minimum absolute atomic E-state index is 0.129. The van der Waals surface area contributed by atoms with Crippen molar-refractivity contribution in [1.29, 1.82) is 0 Å². The number of rotatable bonds is 5. The third-order valence-electron chi connectivity index (χ3n) is 6.79. The molecule has 3 atom stereocenters. The summed E-state index contributed by atoms with van der Waals surface area (Å²) < 4.78 is 11.7. The molecule has 1 N–H and O–H groups in total. The SMILES string of the molecule is COc1cc(-c2ccccc2)cc(OC)c1[C@H]1C=C(CO)[C@H]2C[C@@H]1C2(C)C. The van der Waals surface area contributed by atoms with Gasteiger partial charge in [0, 0.05) is 11.5 Å². The van der Waals surface area contributed by atoms with Crippen LogP contribution in [-0.2, 0) is 0 Å². The Kier molecular flexibility index (Phi) is 4.51. The highest BCUT2D eigenvalue weighted by atomic mass is 16.5. The fourth-order valence-electron chi connectivity index (χ4n) is 5.17. The van der Waals surface area contributed by atoms with Crippen LogP contribution in [0, 0.1) is 17.3 Å². The largest absolute Gasteiger partial charge is 0.496 e. The maximum atomic E-state index is 9.90. The maximum absolute atomic E-state index is 9.90. The summed E-state index contributed by atoms with van der Waals surface area (Å²) >= 11 is 0. The molecular weight excluding hydrogens is 336 g/mol. The second kappa shape index (κ2) is 6.72. The van der Waals surface area contributed by atoms with Gasteiger partial charge in [0.25, 0.3) is 0 Å². The molecule has 3 aliphatic rings. The van der Waals surface area contributed by atoms with Crippen molar-refractivity contribution in [3.05, 3.63) is 59.7 Å². The molecule has 5 rings (SSSR count). The van der Waals surface area contributed by atoms with Gasteiger partial charge in [-0.3, -0.25) is 0 Å². The summed E-state index contributed by atoms with van der Waals surface area (Å²) in [4.78, 5) is 0. The molecule has 27 heavy (non-hydrogen) atoms. The van der Waals surface area contributed by atoms with E-state index in [4.69, 9.17) is 9.47 Å². The first kappa shape index (κ1) is 18.1. The maximum Gasteiger partial charge on any atom is 0.126 e. The van der Waals surface area contributed by atoms with Crippen molar-refractivity contribution >= 4 is 0 Å². The summed E-state index contributed by atoms with van der Waals surface area (Å²) in [5.41, 5.74) is 4.66. The normalized spacial score (nSPS) is 25.4. The average Bonchev–Trinajstić information content (AvgIpc) is 2.72. The number of methoxy groups -OCH3 is 2. The van der Waals surface area contributed by atoms with Gasteiger partial charge in [0.15, 0.2) is 0 Å². The van der Waals surface area contributed by atoms with Gasteiger partial charge in [0.05, 0.1) is 20.8 Å². The van der Waals surface area contributed by atoms with Crippen molar-refractivity contribution in [2.24, 2.45) is 17.3 Å². The third-order valence-corrected chi connectivity index (χ3v) is 6.79. The van der Waals surface area contributed by atoms with Crippen LogP contribution in [0.4, 0.5) is 0 Å². The van der Waals surface area contributed by atoms with E-state index in [0.29, 0.717) is 11.8 Å². The van der Waals surface area contributed by atoms with Crippen LogP contribution in [0.15, 0.2) is 54.1 Å². The Hall–Kier alpha value is -2.26. The number of fused-ring (bicyclic) bond motifs is 1. The van der Waals surface area contributed by atoms with E-state index in [1.807, 2.05) is 18.2 Å². The van der Waals surface area contributed by atoms with Gasteiger partial charge in [-0.05, 0) is 52.5 Å². The van der Waals surface area contributed by atoms with E-state index in [2.05, 4.69) is 44.2 Å². The van der Waals surface area contributed by atoms with Crippen LogP contribution >= 0.6 is 0 Å². The van der Waals surface area contributed by atoms with Crippen LogP contribution in [0.25, 0.3) is 11.1 Å². The first-order chi connectivity index (χ1) is 13.0. The number of ether oxygens (including phenoxy) is 2. The molecule has 3 heteroatoms. The molecular formula is C24H28O3. The van der Waals surface area contributed by atoms with Crippen molar-refractivity contribution in [3.63, 3.8) is 0 Å². The topological polar surface area (TPSA) is 38.7 Å². The van der Waals surface area contributed by atoms with Gasteiger partial charge in [-0.1, -0.05) is 50.3 Å². The molecule has 0 heterocycles. The van der Waals surface area contributed by atoms with Gasteiger partial charge in [-0.25, -0.2) is 0 Å². The fourth-order valence-corrected chi connectivity index (χ4v) is 5.17. The van der Waals surface area contributed by atoms with Crippen LogP contribution in [0.2, 0.25) is 0 Å². The van der Waals surface area contributed by atoms with Gasteiger partial charge in [-0.2, -0.15) is 0 Å². The number of aliphatic hydroxyl groups is 1. The molecule has 1 saturated carbocycles. The number of aliphatic hydroxyl groups excluding tert-OH is 1. The molecule has 1 fully saturated rings. The van der Waals surface area contributed by atoms with Gasteiger partial charge in [-0.15, -0.1) is 0 Å². The van der Waals surface area contributed by atoms with Crippen LogP contribution in [0.5, 0.6) is 11.5 Å². The Morgan fingerprint density at radius 2 is 1.63 bits per heavy atom. The van der Waals surface area contributed by atoms with Crippen molar-refractivity contribution in [2.45, 2.75) is 26.2 Å². The zero-order valence-electron chi connectivity index (χ0n) is 16.5. The summed E-state index contributed by atoms with van der Waals surface area (Å²) in [6.07, 6.45) is 3.38. The number of benzene rings is 2. The number of hydrogen-bond acceptors (Lipinski definition) is 3. The van der Waals surface area contributed by atoms with Crippen LogP contribution in [0.3, 0.4) is 0 Å². The highest BCUT2D eigenvalue weighted by molar-refractivity contribution is 5.70. The van der Waals surface area contributed by atoms with Crippen LogP contribution in [-0.4, -0.2) is 25.9 Å². The molecule has 0 spiro atoms. The van der Waals surface area contributed by atoms with E-state index in [1.54, 1.807) is 14.2 Å². The quantitative estimate of drug-likeness (QED) is 0.755. The molecule has 0 aliphatic heterocycles. The highest BCUT2D eigenvalue weighted by Gasteiger charge is 2.56. The van der Waals surface area contributed by atoms with Gasteiger partial charge in [0.1, 0.15) is 11.5 Å².